The van der Waals surface area contributed by atoms with Gasteiger partial charge in [0.2, 0.25) is 5.91 Å². The normalized spacial score (nSPS) is 16.4. The molecule has 2 N–H and O–H groups in total. The number of rotatable bonds is 5. The summed E-state index contributed by atoms with van der Waals surface area (Å²) in [5.74, 6) is -0.121. The number of nitrogens with one attached hydrogen (secondary N) is 2. The Kier molecular flexibility index (Phi) is 9.16. The predicted octanol–water partition coefficient (Wildman–Crippen LogP) is 1.28. The number of piperidine rings is 1. The number of methoxy groups -OCH3 is 1. The zero-order valence-corrected chi connectivity index (χ0v) is 16.0. The highest BCUT2D eigenvalue weighted by Crippen LogP contribution is 2.30. The molecule has 138 valence electrons. The lowest BCUT2D eigenvalue weighted by atomic mass is 9.78. The van der Waals surface area contributed by atoms with Crippen LogP contribution in [-0.4, -0.2) is 52.4 Å². The molecule has 0 unspecified atom stereocenters. The van der Waals surface area contributed by atoms with Crippen LogP contribution in [0.5, 0.6) is 0 Å². The largest absolute Gasteiger partial charge is 0.384 e. The Hall–Kier alpha value is -0.930. The third kappa shape index (κ3) is 5.56. The maximum Gasteiger partial charge on any atom is 0.233 e. The minimum atomic E-state index is -3.34. The molecule has 0 bridgehead atoms. The first kappa shape index (κ1) is 23.1. The highest BCUT2D eigenvalue weighted by molar-refractivity contribution is 7.90. The van der Waals surface area contributed by atoms with E-state index < -0.39 is 15.3 Å². The van der Waals surface area contributed by atoms with Crippen LogP contribution < -0.4 is 10.6 Å². The summed E-state index contributed by atoms with van der Waals surface area (Å²) in [4.78, 5) is 16.5. The molecule has 1 saturated heterocycles. The number of halogens is 2. The zero-order valence-electron chi connectivity index (χ0n) is 13.6. The summed E-state index contributed by atoms with van der Waals surface area (Å²) in [5, 5.41) is 6.02. The van der Waals surface area contributed by atoms with E-state index in [-0.39, 0.29) is 35.7 Å². The van der Waals surface area contributed by atoms with Gasteiger partial charge in [0.05, 0.1) is 23.9 Å². The fourth-order valence-corrected chi connectivity index (χ4v) is 3.12. The van der Waals surface area contributed by atoms with Crippen LogP contribution in [-0.2, 0) is 19.4 Å². The van der Waals surface area contributed by atoms with Crippen molar-refractivity contribution in [3.05, 3.63) is 18.3 Å². The quantitative estimate of drug-likeness (QED) is 0.773. The lowest BCUT2D eigenvalue weighted by Gasteiger charge is -2.35. The van der Waals surface area contributed by atoms with E-state index >= 15 is 0 Å². The molecule has 0 spiro atoms. The van der Waals surface area contributed by atoms with Crippen molar-refractivity contribution >= 4 is 46.2 Å². The second-order valence-corrected chi connectivity index (χ2v) is 7.54. The van der Waals surface area contributed by atoms with Gasteiger partial charge in [0, 0.05) is 13.4 Å². The van der Waals surface area contributed by atoms with Gasteiger partial charge in [-0.1, -0.05) is 0 Å². The van der Waals surface area contributed by atoms with Crippen molar-refractivity contribution in [2.24, 2.45) is 5.41 Å². The molecule has 0 aliphatic carbocycles. The summed E-state index contributed by atoms with van der Waals surface area (Å²) < 4.78 is 28.0. The Morgan fingerprint density at radius 1 is 1.33 bits per heavy atom. The van der Waals surface area contributed by atoms with Gasteiger partial charge in [-0.2, -0.15) is 0 Å². The van der Waals surface area contributed by atoms with Gasteiger partial charge in [0.25, 0.3) is 0 Å². The average molecular weight is 400 g/mol. The van der Waals surface area contributed by atoms with Gasteiger partial charge in [0.15, 0.2) is 14.9 Å². The number of aromatic nitrogens is 1. The van der Waals surface area contributed by atoms with Crippen molar-refractivity contribution in [3.63, 3.8) is 0 Å². The van der Waals surface area contributed by atoms with E-state index in [1.165, 1.54) is 12.3 Å². The molecule has 1 fully saturated rings. The molecule has 2 heterocycles. The van der Waals surface area contributed by atoms with E-state index in [1.807, 2.05) is 0 Å². The molecule has 0 atom stereocenters. The lowest BCUT2D eigenvalue weighted by Crippen LogP contribution is -2.47. The first-order valence-electron chi connectivity index (χ1n) is 7.05. The van der Waals surface area contributed by atoms with Crippen LogP contribution in [0.4, 0.5) is 5.69 Å². The Balaban J connectivity index is 0.00000264. The van der Waals surface area contributed by atoms with Crippen molar-refractivity contribution in [3.8, 4) is 0 Å². The Morgan fingerprint density at radius 2 is 1.96 bits per heavy atom. The van der Waals surface area contributed by atoms with Crippen LogP contribution in [0.3, 0.4) is 0 Å². The van der Waals surface area contributed by atoms with Crippen LogP contribution in [0.1, 0.15) is 12.8 Å². The van der Waals surface area contributed by atoms with Crippen molar-refractivity contribution < 1.29 is 17.9 Å². The first-order valence-corrected chi connectivity index (χ1v) is 8.94. The van der Waals surface area contributed by atoms with Gasteiger partial charge in [-0.15, -0.1) is 24.8 Å². The molecule has 10 heteroatoms. The molecular weight excluding hydrogens is 377 g/mol. The van der Waals surface area contributed by atoms with Crippen LogP contribution in [0.2, 0.25) is 0 Å². The highest BCUT2D eigenvalue weighted by Gasteiger charge is 2.39. The van der Waals surface area contributed by atoms with Crippen molar-refractivity contribution in [2.75, 3.05) is 38.4 Å². The number of amides is 1. The van der Waals surface area contributed by atoms with Gasteiger partial charge >= 0.3 is 0 Å². The Bertz CT molecular complexity index is 626. The fourth-order valence-electron chi connectivity index (χ4n) is 2.56. The lowest BCUT2D eigenvalue weighted by molar-refractivity contribution is -0.130. The average Bonchev–Trinajstić information content (AvgIpc) is 2.48. The molecule has 0 aromatic carbocycles. The molecule has 1 aliphatic rings. The van der Waals surface area contributed by atoms with Gasteiger partial charge in [-0.3, -0.25) is 4.79 Å². The fraction of sp³-hybridized carbons (Fsp3) is 0.571. The van der Waals surface area contributed by atoms with Crippen molar-refractivity contribution in [1.82, 2.24) is 10.3 Å². The number of anilines is 1. The molecule has 0 radical (unpaired) electrons. The van der Waals surface area contributed by atoms with E-state index in [0.717, 1.165) is 19.3 Å². The molecule has 1 amide bonds. The number of carbonyl (C=O) groups excluding carboxylic acids is 1. The summed E-state index contributed by atoms with van der Waals surface area (Å²) in [6, 6.07) is 2.93. The van der Waals surface area contributed by atoms with Crippen LogP contribution >= 0.6 is 24.8 Å². The molecule has 1 aromatic heterocycles. The van der Waals surface area contributed by atoms with Crippen molar-refractivity contribution in [2.45, 2.75) is 17.9 Å². The molecule has 1 aliphatic heterocycles. The van der Waals surface area contributed by atoms with Crippen LogP contribution in [0, 0.1) is 5.41 Å². The summed E-state index contributed by atoms with van der Waals surface area (Å²) in [7, 11) is -1.76. The minimum Gasteiger partial charge on any atom is -0.384 e. The monoisotopic (exact) mass is 399 g/mol. The number of hydrogen-bond acceptors (Lipinski definition) is 6. The number of nitrogens with zero attached hydrogens (tertiary/aromatic N) is 1. The Labute approximate surface area is 154 Å². The number of carbonyl (C=O) groups is 1. The van der Waals surface area contributed by atoms with E-state index in [4.69, 9.17) is 4.74 Å². The third-order valence-corrected chi connectivity index (χ3v) is 4.84. The predicted molar refractivity (Wildman–Crippen MR) is 96.9 cm³/mol. The number of ether oxygens (including phenoxy) is 1. The van der Waals surface area contributed by atoms with Gasteiger partial charge in [0.1, 0.15) is 0 Å². The minimum absolute atomic E-state index is 0. The van der Waals surface area contributed by atoms with E-state index in [9.17, 15) is 13.2 Å². The third-order valence-electron chi connectivity index (χ3n) is 3.84. The van der Waals surface area contributed by atoms with Crippen LogP contribution in [0.15, 0.2) is 23.4 Å². The second kappa shape index (κ2) is 9.53. The van der Waals surface area contributed by atoms with Gasteiger partial charge in [-0.05, 0) is 38.1 Å². The summed E-state index contributed by atoms with van der Waals surface area (Å²) in [6.07, 6.45) is 3.84. The van der Waals surface area contributed by atoms with E-state index in [2.05, 4.69) is 15.6 Å². The number of hydrogen-bond donors (Lipinski definition) is 2. The Morgan fingerprint density at radius 3 is 2.42 bits per heavy atom. The molecular formula is C14H23Cl2N3O4S. The molecule has 2 rings (SSSR count). The van der Waals surface area contributed by atoms with E-state index in [0.29, 0.717) is 25.1 Å². The molecule has 24 heavy (non-hydrogen) atoms. The summed E-state index contributed by atoms with van der Waals surface area (Å²) in [6.45, 7) is 1.89. The van der Waals surface area contributed by atoms with E-state index in [1.54, 1.807) is 13.2 Å². The first-order chi connectivity index (χ1) is 10.4. The second-order valence-electron chi connectivity index (χ2n) is 5.57. The van der Waals surface area contributed by atoms with Gasteiger partial charge in [-0.25, -0.2) is 13.4 Å². The molecule has 7 nitrogen and oxygen atoms in total. The molecule has 1 aromatic rings. The van der Waals surface area contributed by atoms with Crippen molar-refractivity contribution in [1.29, 1.82) is 0 Å². The van der Waals surface area contributed by atoms with Gasteiger partial charge < -0.3 is 15.4 Å². The highest BCUT2D eigenvalue weighted by atomic mass is 35.5. The van der Waals surface area contributed by atoms with Crippen LogP contribution in [0.25, 0.3) is 0 Å². The molecule has 0 saturated carbocycles. The number of sulfone groups is 1. The smallest absolute Gasteiger partial charge is 0.233 e. The standard InChI is InChI=1S/C14H21N3O4S.2ClH/c1-21-10-14(5-7-15-8-6-14)13(18)17-11-3-4-12(16-9-11)22(2,19)20;;/h3-4,9,15H,5-8,10H2,1-2H3,(H,17,18);2*1H. The number of pyridine rings is 1. The maximum absolute atomic E-state index is 12.6. The summed E-state index contributed by atoms with van der Waals surface area (Å²) in [5.41, 5.74) is -0.0819. The summed E-state index contributed by atoms with van der Waals surface area (Å²) >= 11 is 0. The topological polar surface area (TPSA) is 97.4 Å². The maximum atomic E-state index is 12.6. The SMILES string of the molecule is COCC1(C(=O)Nc2ccc(S(C)(=O)=O)nc2)CCNCC1.Cl.Cl. The zero-order chi connectivity index (χ0) is 16.2.